The smallest absolute Gasteiger partial charge is 0.334 e. The topological polar surface area (TPSA) is 93.1 Å². The van der Waals surface area contributed by atoms with Crippen LogP contribution in [-0.4, -0.2) is 77.9 Å². The van der Waals surface area contributed by atoms with Crippen molar-refractivity contribution in [2.24, 2.45) is 0 Å². The second-order valence-corrected chi connectivity index (χ2v) is 4.51. The lowest BCUT2D eigenvalue weighted by Crippen LogP contribution is -2.45. The number of likely N-dealkylation sites (N-methyl/N-ethyl adjacent to an activating group) is 1. The van der Waals surface area contributed by atoms with E-state index >= 15 is 0 Å². The summed E-state index contributed by atoms with van der Waals surface area (Å²) >= 11 is 0. The molecule has 0 aromatic rings. The number of aliphatic hydroxyl groups excluding tert-OH is 1. The van der Waals surface area contributed by atoms with Crippen molar-refractivity contribution in [3.8, 4) is 0 Å². The lowest BCUT2D eigenvalue weighted by molar-refractivity contribution is -0.146. The molecule has 1 rings (SSSR count). The van der Waals surface area contributed by atoms with Crippen LogP contribution in [0.5, 0.6) is 0 Å². The van der Waals surface area contributed by atoms with Crippen molar-refractivity contribution in [3.05, 3.63) is 0 Å². The van der Waals surface area contributed by atoms with E-state index in [2.05, 4.69) is 10.2 Å². The number of urea groups is 1. The summed E-state index contributed by atoms with van der Waals surface area (Å²) in [5.41, 5.74) is 0. The summed E-state index contributed by atoms with van der Waals surface area (Å²) in [6, 6.07) is -0.366. The number of aliphatic carboxylic acids is 1. The molecule has 0 radical (unpaired) electrons. The SMILES string of the molecule is CN(CCN1CCCC1)C(=O)NCC(O)C(=O)O. The zero-order valence-corrected chi connectivity index (χ0v) is 10.6. The average molecular weight is 259 g/mol. The molecule has 1 saturated heterocycles. The number of likely N-dealkylation sites (tertiary alicyclic amines) is 1. The number of carboxylic acid groups (broad SMARTS) is 1. The summed E-state index contributed by atoms with van der Waals surface area (Å²) in [5.74, 6) is -1.34. The van der Waals surface area contributed by atoms with Gasteiger partial charge in [0.05, 0.1) is 6.54 Å². The lowest BCUT2D eigenvalue weighted by atomic mass is 10.3. The molecule has 0 aliphatic carbocycles. The number of amides is 2. The molecule has 7 nitrogen and oxygen atoms in total. The summed E-state index contributed by atoms with van der Waals surface area (Å²) in [6.07, 6.45) is 0.863. The number of carboxylic acids is 1. The first-order valence-electron chi connectivity index (χ1n) is 6.13. The Morgan fingerprint density at radius 1 is 1.39 bits per heavy atom. The van der Waals surface area contributed by atoms with Gasteiger partial charge in [0, 0.05) is 20.1 Å². The third-order valence-electron chi connectivity index (χ3n) is 3.03. The second kappa shape index (κ2) is 7.17. The van der Waals surface area contributed by atoms with Gasteiger partial charge in [-0.15, -0.1) is 0 Å². The Kier molecular flexibility index (Phi) is 5.87. The molecule has 1 unspecified atom stereocenters. The molecule has 1 atom stereocenters. The Bertz CT molecular complexity index is 292. The van der Waals surface area contributed by atoms with E-state index in [0.29, 0.717) is 6.54 Å². The van der Waals surface area contributed by atoms with Gasteiger partial charge in [0.2, 0.25) is 0 Å². The molecule has 1 aliphatic heterocycles. The van der Waals surface area contributed by atoms with E-state index in [9.17, 15) is 9.59 Å². The molecule has 0 spiro atoms. The van der Waals surface area contributed by atoms with Gasteiger partial charge in [0.15, 0.2) is 6.10 Å². The van der Waals surface area contributed by atoms with Gasteiger partial charge in [0.25, 0.3) is 0 Å². The van der Waals surface area contributed by atoms with Gasteiger partial charge in [-0.25, -0.2) is 9.59 Å². The summed E-state index contributed by atoms with van der Waals surface area (Å²) in [6.45, 7) is 3.29. The molecule has 0 bridgehead atoms. The highest BCUT2D eigenvalue weighted by Crippen LogP contribution is 2.06. The highest BCUT2D eigenvalue weighted by molar-refractivity contribution is 5.76. The monoisotopic (exact) mass is 259 g/mol. The van der Waals surface area contributed by atoms with Crippen LogP contribution in [0.25, 0.3) is 0 Å². The summed E-state index contributed by atoms with van der Waals surface area (Å²) in [7, 11) is 1.65. The van der Waals surface area contributed by atoms with E-state index < -0.39 is 12.1 Å². The summed E-state index contributed by atoms with van der Waals surface area (Å²) < 4.78 is 0. The Labute approximate surface area is 106 Å². The van der Waals surface area contributed by atoms with Crippen molar-refractivity contribution in [3.63, 3.8) is 0 Å². The average Bonchev–Trinajstić information content (AvgIpc) is 2.85. The van der Waals surface area contributed by atoms with E-state index in [4.69, 9.17) is 10.2 Å². The Morgan fingerprint density at radius 3 is 2.56 bits per heavy atom. The molecule has 104 valence electrons. The Hall–Kier alpha value is -1.34. The molecule has 2 amide bonds. The third-order valence-corrected chi connectivity index (χ3v) is 3.03. The van der Waals surface area contributed by atoms with Gasteiger partial charge >= 0.3 is 12.0 Å². The maximum Gasteiger partial charge on any atom is 0.334 e. The number of nitrogens with zero attached hydrogens (tertiary/aromatic N) is 2. The van der Waals surface area contributed by atoms with Crippen LogP contribution in [-0.2, 0) is 4.79 Å². The van der Waals surface area contributed by atoms with Crippen LogP contribution in [0.3, 0.4) is 0 Å². The number of hydrogen-bond acceptors (Lipinski definition) is 4. The second-order valence-electron chi connectivity index (χ2n) is 4.51. The van der Waals surface area contributed by atoms with Crippen molar-refractivity contribution in [2.75, 3.05) is 39.8 Å². The number of carbonyl (C=O) groups is 2. The minimum absolute atomic E-state index is 0.276. The first-order valence-corrected chi connectivity index (χ1v) is 6.13. The number of aliphatic hydroxyl groups is 1. The van der Waals surface area contributed by atoms with Gasteiger partial charge in [0.1, 0.15) is 0 Å². The fraction of sp³-hybridized carbons (Fsp3) is 0.818. The number of nitrogens with one attached hydrogen (secondary N) is 1. The maximum absolute atomic E-state index is 11.6. The van der Waals surface area contributed by atoms with E-state index in [1.54, 1.807) is 7.05 Å². The number of hydrogen-bond donors (Lipinski definition) is 3. The minimum Gasteiger partial charge on any atom is -0.479 e. The number of rotatable bonds is 6. The molecule has 0 aromatic carbocycles. The zero-order chi connectivity index (χ0) is 13.5. The normalized spacial score (nSPS) is 17.4. The highest BCUT2D eigenvalue weighted by Gasteiger charge is 2.17. The van der Waals surface area contributed by atoms with Gasteiger partial charge in [-0.3, -0.25) is 0 Å². The quantitative estimate of drug-likeness (QED) is 0.579. The molecule has 0 aromatic heterocycles. The van der Waals surface area contributed by atoms with Gasteiger partial charge in [-0.2, -0.15) is 0 Å². The Morgan fingerprint density at radius 2 is 2.00 bits per heavy atom. The number of carbonyl (C=O) groups excluding carboxylic acids is 1. The van der Waals surface area contributed by atoms with Crippen molar-refractivity contribution in [2.45, 2.75) is 18.9 Å². The molecule has 1 fully saturated rings. The Balaban J connectivity index is 2.17. The lowest BCUT2D eigenvalue weighted by Gasteiger charge is -2.22. The summed E-state index contributed by atoms with van der Waals surface area (Å²) in [4.78, 5) is 25.7. The van der Waals surface area contributed by atoms with Crippen molar-refractivity contribution in [1.29, 1.82) is 0 Å². The standard InChI is InChI=1S/C11H21N3O4/c1-13(6-7-14-4-2-3-5-14)11(18)12-8-9(15)10(16)17/h9,15H,2-8H2,1H3,(H,12,18)(H,16,17). The highest BCUT2D eigenvalue weighted by atomic mass is 16.4. The minimum atomic E-state index is -1.55. The van der Waals surface area contributed by atoms with E-state index in [1.165, 1.54) is 17.7 Å². The molecule has 18 heavy (non-hydrogen) atoms. The van der Waals surface area contributed by atoms with E-state index in [1.807, 2.05) is 0 Å². The van der Waals surface area contributed by atoms with E-state index in [-0.39, 0.29) is 12.6 Å². The van der Waals surface area contributed by atoms with Crippen molar-refractivity contribution >= 4 is 12.0 Å². The molecule has 3 N–H and O–H groups in total. The summed E-state index contributed by atoms with van der Waals surface area (Å²) in [5, 5.41) is 19.9. The van der Waals surface area contributed by atoms with Crippen LogP contribution in [0.2, 0.25) is 0 Å². The third kappa shape index (κ3) is 4.89. The van der Waals surface area contributed by atoms with Crippen LogP contribution in [0.1, 0.15) is 12.8 Å². The maximum atomic E-state index is 11.6. The van der Waals surface area contributed by atoms with Crippen LogP contribution in [0.15, 0.2) is 0 Å². The van der Waals surface area contributed by atoms with Gasteiger partial charge < -0.3 is 25.3 Å². The van der Waals surface area contributed by atoms with Crippen LogP contribution >= 0.6 is 0 Å². The molecular weight excluding hydrogens is 238 g/mol. The molecule has 1 aliphatic rings. The fourth-order valence-electron chi connectivity index (χ4n) is 1.81. The molecule has 0 saturated carbocycles. The molecule has 7 heteroatoms. The van der Waals surface area contributed by atoms with Crippen LogP contribution in [0, 0.1) is 0 Å². The van der Waals surface area contributed by atoms with Crippen LogP contribution < -0.4 is 5.32 Å². The predicted octanol–water partition coefficient (Wildman–Crippen LogP) is -0.831. The fourth-order valence-corrected chi connectivity index (χ4v) is 1.81. The first kappa shape index (κ1) is 14.7. The van der Waals surface area contributed by atoms with Gasteiger partial charge in [-0.1, -0.05) is 0 Å². The predicted molar refractivity (Wildman–Crippen MR) is 65.3 cm³/mol. The first-order chi connectivity index (χ1) is 8.50. The molecular formula is C11H21N3O4. The zero-order valence-electron chi connectivity index (χ0n) is 10.6. The van der Waals surface area contributed by atoms with Crippen molar-refractivity contribution < 1.29 is 19.8 Å². The van der Waals surface area contributed by atoms with E-state index in [0.717, 1.165) is 19.6 Å². The van der Waals surface area contributed by atoms with Crippen LogP contribution in [0.4, 0.5) is 4.79 Å². The largest absolute Gasteiger partial charge is 0.479 e. The van der Waals surface area contributed by atoms with Crippen molar-refractivity contribution in [1.82, 2.24) is 15.1 Å². The van der Waals surface area contributed by atoms with Gasteiger partial charge in [-0.05, 0) is 25.9 Å². The molecule has 1 heterocycles.